The number of rotatable bonds is 3. The van der Waals surface area contributed by atoms with Crippen LogP contribution in [0.3, 0.4) is 0 Å². The first kappa shape index (κ1) is 16.4. The molecule has 2 rings (SSSR count). The number of β-amino-alcohol motifs (C(OH)–C–C–N with tert-alkyl or cyclic N) is 1. The summed E-state index contributed by atoms with van der Waals surface area (Å²) in [4.78, 5) is 25.6. The molecule has 120 valence electrons. The Bertz CT molecular complexity index is 591. The smallest absolute Gasteiger partial charge is 0.254 e. The van der Waals surface area contributed by atoms with Gasteiger partial charge in [-0.15, -0.1) is 0 Å². The Morgan fingerprint density at radius 3 is 2.86 bits per heavy atom. The number of hydrogen-bond donors (Lipinski definition) is 2. The highest BCUT2D eigenvalue weighted by molar-refractivity contribution is 5.95. The van der Waals surface area contributed by atoms with E-state index in [2.05, 4.69) is 5.32 Å². The molecule has 0 spiro atoms. The van der Waals surface area contributed by atoms with Crippen LogP contribution in [0.1, 0.15) is 35.2 Å². The first-order chi connectivity index (χ1) is 10.3. The van der Waals surface area contributed by atoms with E-state index in [4.69, 9.17) is 0 Å². The van der Waals surface area contributed by atoms with Crippen molar-refractivity contribution in [1.82, 2.24) is 10.2 Å². The van der Waals surface area contributed by atoms with Gasteiger partial charge in [0.1, 0.15) is 5.82 Å². The molecule has 1 aromatic rings. The van der Waals surface area contributed by atoms with Gasteiger partial charge in [0.2, 0.25) is 5.91 Å². The lowest BCUT2D eigenvalue weighted by Gasteiger charge is -2.39. The summed E-state index contributed by atoms with van der Waals surface area (Å²) in [7, 11) is 1.51. The van der Waals surface area contributed by atoms with Crippen LogP contribution in [0, 0.1) is 12.7 Å². The Kier molecular flexibility index (Phi) is 4.81. The molecule has 0 aromatic heterocycles. The number of amides is 2. The molecular weight excluding hydrogens is 287 g/mol. The topological polar surface area (TPSA) is 69.6 Å². The summed E-state index contributed by atoms with van der Waals surface area (Å²) in [5, 5.41) is 13.0. The third kappa shape index (κ3) is 3.62. The molecule has 0 aliphatic carbocycles. The zero-order valence-electron chi connectivity index (χ0n) is 12.9. The summed E-state index contributed by atoms with van der Waals surface area (Å²) < 4.78 is 13.4. The molecule has 1 aliphatic heterocycles. The number of benzene rings is 1. The molecule has 1 atom stereocenters. The molecule has 2 N–H and O–H groups in total. The summed E-state index contributed by atoms with van der Waals surface area (Å²) >= 11 is 0. The lowest BCUT2D eigenvalue weighted by molar-refractivity contribution is -0.127. The highest BCUT2D eigenvalue weighted by Crippen LogP contribution is 2.26. The number of aryl methyl sites for hydroxylation is 1. The molecule has 0 saturated carbocycles. The van der Waals surface area contributed by atoms with Gasteiger partial charge in [0.25, 0.3) is 5.91 Å². The molecule has 1 aromatic carbocycles. The van der Waals surface area contributed by atoms with Gasteiger partial charge < -0.3 is 15.3 Å². The number of nitrogens with zero attached hydrogens (tertiary/aromatic N) is 1. The molecule has 1 saturated heterocycles. The molecule has 1 aliphatic rings. The van der Waals surface area contributed by atoms with Gasteiger partial charge in [-0.3, -0.25) is 9.59 Å². The molecular formula is C16H21FN2O3. The average Bonchev–Trinajstić information content (AvgIpc) is 2.48. The van der Waals surface area contributed by atoms with Crippen LogP contribution in [0.4, 0.5) is 4.39 Å². The standard InChI is InChI=1S/C16H21FN2O3/c1-11-4-5-12(17)8-13(11)15(21)19-7-3-6-16(22,10-19)9-14(20)18-2/h4-5,8,22H,3,6-7,9-10H2,1-2H3,(H,18,20). The largest absolute Gasteiger partial charge is 0.388 e. The second-order valence-corrected chi connectivity index (χ2v) is 5.86. The van der Waals surface area contributed by atoms with Crippen molar-refractivity contribution in [3.05, 3.63) is 35.1 Å². The van der Waals surface area contributed by atoms with E-state index in [-0.39, 0.29) is 24.8 Å². The molecule has 0 radical (unpaired) electrons. The lowest BCUT2D eigenvalue weighted by Crippen LogP contribution is -2.52. The number of aliphatic hydroxyl groups is 1. The van der Waals surface area contributed by atoms with Gasteiger partial charge in [0.15, 0.2) is 0 Å². The van der Waals surface area contributed by atoms with Crippen LogP contribution in [0.5, 0.6) is 0 Å². The number of piperidine rings is 1. The number of halogens is 1. The fraction of sp³-hybridized carbons (Fsp3) is 0.500. The zero-order valence-corrected chi connectivity index (χ0v) is 12.9. The van der Waals surface area contributed by atoms with E-state index in [1.165, 1.54) is 24.1 Å². The van der Waals surface area contributed by atoms with E-state index in [0.29, 0.717) is 30.5 Å². The second kappa shape index (κ2) is 6.44. The van der Waals surface area contributed by atoms with Crippen LogP contribution in [0.25, 0.3) is 0 Å². The number of carbonyl (C=O) groups is 2. The fourth-order valence-electron chi connectivity index (χ4n) is 2.81. The van der Waals surface area contributed by atoms with Crippen LogP contribution in [0.15, 0.2) is 18.2 Å². The molecule has 5 nitrogen and oxygen atoms in total. The third-order valence-electron chi connectivity index (χ3n) is 4.04. The highest BCUT2D eigenvalue weighted by Gasteiger charge is 2.37. The maximum Gasteiger partial charge on any atom is 0.254 e. The normalized spacial score (nSPS) is 21.5. The minimum absolute atomic E-state index is 0.0462. The van der Waals surface area contributed by atoms with Crippen molar-refractivity contribution >= 4 is 11.8 Å². The minimum Gasteiger partial charge on any atom is -0.388 e. The Balaban J connectivity index is 2.16. The summed E-state index contributed by atoms with van der Waals surface area (Å²) in [6, 6.07) is 4.08. The monoisotopic (exact) mass is 308 g/mol. The van der Waals surface area contributed by atoms with Crippen LogP contribution < -0.4 is 5.32 Å². The predicted octanol–water partition coefficient (Wildman–Crippen LogP) is 1.24. The van der Waals surface area contributed by atoms with Gasteiger partial charge >= 0.3 is 0 Å². The van der Waals surface area contributed by atoms with E-state index in [1.807, 2.05) is 0 Å². The molecule has 2 amide bonds. The summed E-state index contributed by atoms with van der Waals surface area (Å²) in [5.74, 6) is -1.04. The molecule has 6 heteroatoms. The average molecular weight is 308 g/mol. The van der Waals surface area contributed by atoms with E-state index in [1.54, 1.807) is 13.0 Å². The van der Waals surface area contributed by atoms with Crippen molar-refractivity contribution in [3.8, 4) is 0 Å². The molecule has 1 unspecified atom stereocenters. The van der Waals surface area contributed by atoms with Gasteiger partial charge in [-0.05, 0) is 37.5 Å². The van der Waals surface area contributed by atoms with Crippen LogP contribution in [0.2, 0.25) is 0 Å². The van der Waals surface area contributed by atoms with E-state index < -0.39 is 11.4 Å². The minimum atomic E-state index is -1.23. The molecule has 1 fully saturated rings. The van der Waals surface area contributed by atoms with Crippen molar-refractivity contribution in [1.29, 1.82) is 0 Å². The Hall–Kier alpha value is -1.95. The Morgan fingerprint density at radius 2 is 2.18 bits per heavy atom. The van der Waals surface area contributed by atoms with E-state index in [0.717, 1.165) is 0 Å². The second-order valence-electron chi connectivity index (χ2n) is 5.86. The first-order valence-corrected chi connectivity index (χ1v) is 7.33. The quantitative estimate of drug-likeness (QED) is 0.882. The molecule has 0 bridgehead atoms. The fourth-order valence-corrected chi connectivity index (χ4v) is 2.81. The molecule has 22 heavy (non-hydrogen) atoms. The van der Waals surface area contributed by atoms with Crippen molar-refractivity contribution < 1.29 is 19.1 Å². The van der Waals surface area contributed by atoms with E-state index in [9.17, 15) is 19.1 Å². The maximum absolute atomic E-state index is 13.4. The third-order valence-corrected chi connectivity index (χ3v) is 4.04. The Morgan fingerprint density at radius 1 is 1.45 bits per heavy atom. The number of hydrogen-bond acceptors (Lipinski definition) is 3. The van der Waals surface area contributed by atoms with Gasteiger partial charge in [0, 0.05) is 19.2 Å². The van der Waals surface area contributed by atoms with Crippen molar-refractivity contribution in [2.24, 2.45) is 0 Å². The SMILES string of the molecule is CNC(=O)CC1(O)CCCN(C(=O)c2cc(F)ccc2C)C1. The van der Waals surface area contributed by atoms with Crippen molar-refractivity contribution in [2.75, 3.05) is 20.1 Å². The van der Waals surface area contributed by atoms with E-state index >= 15 is 0 Å². The summed E-state index contributed by atoms with van der Waals surface area (Å²) in [6.07, 6.45) is 1.02. The number of carbonyl (C=O) groups excluding carboxylic acids is 2. The number of likely N-dealkylation sites (tertiary alicyclic amines) is 1. The van der Waals surface area contributed by atoms with Gasteiger partial charge in [-0.1, -0.05) is 6.07 Å². The van der Waals surface area contributed by atoms with Crippen molar-refractivity contribution in [2.45, 2.75) is 31.8 Å². The maximum atomic E-state index is 13.4. The Labute approximate surface area is 129 Å². The van der Waals surface area contributed by atoms with Crippen LogP contribution in [-0.2, 0) is 4.79 Å². The summed E-state index contributed by atoms with van der Waals surface area (Å²) in [5.41, 5.74) is -0.245. The zero-order chi connectivity index (χ0) is 16.3. The predicted molar refractivity (Wildman–Crippen MR) is 79.9 cm³/mol. The summed E-state index contributed by atoms with van der Waals surface area (Å²) in [6.45, 7) is 2.31. The van der Waals surface area contributed by atoms with Gasteiger partial charge in [-0.2, -0.15) is 0 Å². The van der Waals surface area contributed by atoms with Crippen LogP contribution >= 0.6 is 0 Å². The van der Waals surface area contributed by atoms with Gasteiger partial charge in [0.05, 0.1) is 18.6 Å². The molecule has 1 heterocycles. The van der Waals surface area contributed by atoms with Gasteiger partial charge in [-0.25, -0.2) is 4.39 Å². The number of nitrogens with one attached hydrogen (secondary N) is 1. The lowest BCUT2D eigenvalue weighted by atomic mass is 9.88. The van der Waals surface area contributed by atoms with Crippen LogP contribution in [-0.4, -0.2) is 47.6 Å². The first-order valence-electron chi connectivity index (χ1n) is 7.33. The highest BCUT2D eigenvalue weighted by atomic mass is 19.1. The van der Waals surface area contributed by atoms with Crippen molar-refractivity contribution in [3.63, 3.8) is 0 Å².